The lowest BCUT2D eigenvalue weighted by Crippen LogP contribution is -2.16. The van der Waals surface area contributed by atoms with Gasteiger partial charge in [0.05, 0.1) is 18.3 Å². The van der Waals surface area contributed by atoms with Crippen molar-refractivity contribution in [2.45, 2.75) is 6.92 Å². The third-order valence-corrected chi connectivity index (χ3v) is 1.44. The molecule has 0 aromatic rings. The molecule has 0 atom stereocenters. The molecule has 0 saturated carbocycles. The molecule has 4 heteroatoms. The van der Waals surface area contributed by atoms with Crippen molar-refractivity contribution in [1.82, 2.24) is 5.32 Å². The van der Waals surface area contributed by atoms with Crippen LogP contribution in [0.4, 0.5) is 0 Å². The number of nitrogens with zero attached hydrogens (tertiary/aromatic N) is 2. The van der Waals surface area contributed by atoms with Gasteiger partial charge in [0.1, 0.15) is 0 Å². The predicted octanol–water partition coefficient (Wildman–Crippen LogP) is 0.717. The second-order valence-corrected chi connectivity index (χ2v) is 2.27. The number of nitriles is 1. The molecule has 4 nitrogen and oxygen atoms in total. The predicted molar refractivity (Wildman–Crippen MR) is 41.1 cm³/mol. The average molecular weight is 159 g/mol. The normalized spacial score (nSPS) is 18.9. The zero-order chi connectivity index (χ0) is 9.14. The Hall–Kier alpha value is -2.07. The standard InChI is InChI=1S/C8H5N3O/c1-5-3-6(11-8(5)12)7(4-9)10-2/h3H,1H3,(H,11,12)/b7-6+. The minimum Gasteiger partial charge on any atom is -0.331 e. The molecule has 0 aliphatic carbocycles. The van der Waals surface area contributed by atoms with Crippen LogP contribution in [0.2, 0.25) is 0 Å². The van der Waals surface area contributed by atoms with Crippen molar-refractivity contribution >= 4 is 5.91 Å². The van der Waals surface area contributed by atoms with E-state index in [2.05, 4.69) is 10.2 Å². The van der Waals surface area contributed by atoms with Gasteiger partial charge < -0.3 is 5.32 Å². The van der Waals surface area contributed by atoms with E-state index in [-0.39, 0.29) is 11.6 Å². The Labute approximate surface area is 69.6 Å². The van der Waals surface area contributed by atoms with E-state index >= 15 is 0 Å². The fraction of sp³-hybridized carbons (Fsp3) is 0.125. The fourth-order valence-corrected chi connectivity index (χ4v) is 0.812. The number of carbonyl (C=O) groups excluding carboxylic acids is 1. The molecule has 0 bridgehead atoms. The molecule has 1 aliphatic heterocycles. The number of rotatable bonds is 0. The van der Waals surface area contributed by atoms with Gasteiger partial charge in [-0.05, 0) is 13.0 Å². The summed E-state index contributed by atoms with van der Waals surface area (Å²) in [6, 6.07) is 1.70. The molecule has 0 spiro atoms. The van der Waals surface area contributed by atoms with Crippen LogP contribution in [0.3, 0.4) is 0 Å². The van der Waals surface area contributed by atoms with Gasteiger partial charge in [-0.15, -0.1) is 0 Å². The van der Waals surface area contributed by atoms with Gasteiger partial charge in [0.15, 0.2) is 0 Å². The van der Waals surface area contributed by atoms with Gasteiger partial charge >= 0.3 is 0 Å². The zero-order valence-corrected chi connectivity index (χ0v) is 6.38. The zero-order valence-electron chi connectivity index (χ0n) is 6.38. The Balaban J connectivity index is 3.13. The van der Waals surface area contributed by atoms with E-state index in [9.17, 15) is 4.79 Å². The lowest BCUT2D eigenvalue weighted by Gasteiger charge is -1.93. The van der Waals surface area contributed by atoms with Crippen LogP contribution in [0.25, 0.3) is 4.85 Å². The van der Waals surface area contributed by atoms with Crippen molar-refractivity contribution in [2.75, 3.05) is 0 Å². The van der Waals surface area contributed by atoms with Gasteiger partial charge in [-0.1, -0.05) is 0 Å². The lowest BCUT2D eigenvalue weighted by atomic mass is 10.3. The van der Waals surface area contributed by atoms with Crippen LogP contribution in [0.5, 0.6) is 0 Å². The number of carbonyl (C=O) groups is 1. The molecule has 1 rings (SSSR count). The van der Waals surface area contributed by atoms with Crippen LogP contribution in [0.1, 0.15) is 6.92 Å². The van der Waals surface area contributed by atoms with Gasteiger partial charge in [-0.2, -0.15) is 0 Å². The maximum Gasteiger partial charge on any atom is 0.284 e. The van der Waals surface area contributed by atoms with Gasteiger partial charge in [0, 0.05) is 5.57 Å². The summed E-state index contributed by atoms with van der Waals surface area (Å²) >= 11 is 0. The van der Waals surface area contributed by atoms with Gasteiger partial charge in [-0.3, -0.25) is 4.79 Å². The van der Waals surface area contributed by atoms with Crippen molar-refractivity contribution in [3.8, 4) is 6.07 Å². The molecule has 1 N–H and O–H groups in total. The first-order valence-corrected chi connectivity index (χ1v) is 3.20. The minimum absolute atomic E-state index is 0.0831. The molecule has 12 heavy (non-hydrogen) atoms. The van der Waals surface area contributed by atoms with E-state index in [1.807, 2.05) is 0 Å². The van der Waals surface area contributed by atoms with Gasteiger partial charge in [0.2, 0.25) is 5.91 Å². The van der Waals surface area contributed by atoms with Crippen molar-refractivity contribution in [3.63, 3.8) is 0 Å². The molecule has 58 valence electrons. The van der Waals surface area contributed by atoms with E-state index < -0.39 is 0 Å². The summed E-state index contributed by atoms with van der Waals surface area (Å²) in [7, 11) is 0. The molecule has 1 aliphatic rings. The van der Waals surface area contributed by atoms with Crippen molar-refractivity contribution in [1.29, 1.82) is 5.26 Å². The SMILES string of the molecule is [C-]#[N+]/C(C#N)=C1\C=C(C)C(=O)N1. The number of nitrogens with one attached hydrogen (secondary N) is 1. The van der Waals surface area contributed by atoms with E-state index in [1.54, 1.807) is 13.0 Å². The number of hydrogen-bond donors (Lipinski definition) is 1. The van der Waals surface area contributed by atoms with Crippen molar-refractivity contribution < 1.29 is 4.79 Å². The highest BCUT2D eigenvalue weighted by Gasteiger charge is 2.17. The van der Waals surface area contributed by atoms with Crippen LogP contribution >= 0.6 is 0 Å². The smallest absolute Gasteiger partial charge is 0.284 e. The molecule has 1 amide bonds. The topological polar surface area (TPSA) is 57.2 Å². The maximum absolute atomic E-state index is 10.9. The Kier molecular flexibility index (Phi) is 1.94. The second kappa shape index (κ2) is 2.89. The molecular formula is C8H5N3O. The van der Waals surface area contributed by atoms with E-state index in [1.165, 1.54) is 6.08 Å². The third kappa shape index (κ3) is 1.18. The highest BCUT2D eigenvalue weighted by atomic mass is 16.1. The summed E-state index contributed by atoms with van der Waals surface area (Å²) in [6.07, 6.45) is 1.50. The molecule has 0 saturated heterocycles. The summed E-state index contributed by atoms with van der Waals surface area (Å²) in [5, 5.41) is 10.9. The Morgan fingerprint density at radius 3 is 2.83 bits per heavy atom. The molecule has 0 unspecified atom stereocenters. The Bertz CT molecular complexity index is 360. The minimum atomic E-state index is -0.249. The summed E-state index contributed by atoms with van der Waals surface area (Å²) in [6.45, 7) is 8.25. The van der Waals surface area contributed by atoms with Crippen molar-refractivity contribution in [3.05, 3.63) is 34.5 Å². The third-order valence-electron chi connectivity index (χ3n) is 1.44. The van der Waals surface area contributed by atoms with Crippen LogP contribution in [0.15, 0.2) is 23.0 Å². The number of amides is 1. The van der Waals surface area contributed by atoms with Crippen LogP contribution in [-0.2, 0) is 4.79 Å². The highest BCUT2D eigenvalue weighted by molar-refractivity contribution is 5.98. The number of hydrogen-bond acceptors (Lipinski definition) is 2. The maximum atomic E-state index is 10.9. The Morgan fingerprint density at radius 1 is 1.83 bits per heavy atom. The summed E-state index contributed by atoms with van der Waals surface area (Å²) in [5.41, 5.74) is 0.733. The van der Waals surface area contributed by atoms with Crippen LogP contribution in [-0.4, -0.2) is 5.91 Å². The van der Waals surface area contributed by atoms with Gasteiger partial charge in [0.25, 0.3) is 5.70 Å². The lowest BCUT2D eigenvalue weighted by molar-refractivity contribution is -0.116. The molecule has 0 aromatic carbocycles. The molecule has 0 fully saturated rings. The first-order valence-electron chi connectivity index (χ1n) is 3.20. The van der Waals surface area contributed by atoms with Crippen LogP contribution < -0.4 is 5.32 Å². The van der Waals surface area contributed by atoms with Gasteiger partial charge in [-0.25, -0.2) is 10.1 Å². The highest BCUT2D eigenvalue weighted by Crippen LogP contribution is 2.13. The Morgan fingerprint density at radius 2 is 2.50 bits per heavy atom. The molecule has 0 radical (unpaired) electrons. The van der Waals surface area contributed by atoms with E-state index in [0.717, 1.165) is 0 Å². The summed E-state index contributed by atoms with van der Waals surface area (Å²) in [5.74, 6) is -0.249. The average Bonchev–Trinajstić information content (AvgIpc) is 2.35. The molecule has 0 aromatic heterocycles. The first kappa shape index (κ1) is 8.03. The van der Waals surface area contributed by atoms with Crippen LogP contribution in [0, 0.1) is 17.9 Å². The largest absolute Gasteiger partial charge is 0.331 e. The molecular weight excluding hydrogens is 154 g/mol. The first-order chi connectivity index (χ1) is 5.69. The van der Waals surface area contributed by atoms with Crippen molar-refractivity contribution in [2.24, 2.45) is 0 Å². The summed E-state index contributed by atoms with van der Waals surface area (Å²) < 4.78 is 0. The van der Waals surface area contributed by atoms with E-state index in [4.69, 9.17) is 11.8 Å². The quantitative estimate of drug-likeness (QED) is 0.418. The molecule has 1 heterocycles. The summed E-state index contributed by atoms with van der Waals surface area (Å²) in [4.78, 5) is 13.9. The monoisotopic (exact) mass is 159 g/mol. The second-order valence-electron chi connectivity index (χ2n) is 2.27. The number of allylic oxidation sites excluding steroid dienone is 2. The van der Waals surface area contributed by atoms with E-state index in [0.29, 0.717) is 11.3 Å². The fourth-order valence-electron chi connectivity index (χ4n) is 0.812.